The molecule has 0 radical (unpaired) electrons. The molecule has 2 atom stereocenters. The minimum Gasteiger partial charge on any atom is -0.490 e. The molecule has 1 aromatic carbocycles. The minimum atomic E-state index is -0.597. The Labute approximate surface area is 172 Å². The second-order valence-corrected chi connectivity index (χ2v) is 6.93. The molecule has 0 aliphatic rings. The highest BCUT2D eigenvalue weighted by Gasteiger charge is 2.22. The largest absolute Gasteiger partial charge is 0.490 e. The van der Waals surface area contributed by atoms with E-state index in [1.807, 2.05) is 13.8 Å². The van der Waals surface area contributed by atoms with Gasteiger partial charge in [0.05, 0.1) is 13.2 Å². The van der Waals surface area contributed by atoms with Crippen LogP contribution in [0.2, 0.25) is 0 Å². The topological polar surface area (TPSA) is 91.4 Å². The number of ether oxygens (including phenoxy) is 4. The van der Waals surface area contributed by atoms with Crippen molar-refractivity contribution in [2.45, 2.75) is 52.9 Å². The maximum Gasteiger partial charge on any atom is 0.303 e. The summed E-state index contributed by atoms with van der Waals surface area (Å²) in [6.07, 6.45) is -1.10. The van der Waals surface area contributed by atoms with Crippen LogP contribution in [-0.4, -0.2) is 61.8 Å². The standard InChI is InChI=1S/C21H31NO7/c1-14(2)22(15(3)23)11-20(28-16(4)24)12-27-19-9-7-18(8-10-19)21(13-26-6)29-17(5)25/h7-10,14,20-21H,11-13H2,1-6H3. The van der Waals surface area contributed by atoms with Crippen molar-refractivity contribution in [3.8, 4) is 5.75 Å². The molecule has 0 saturated carbocycles. The molecule has 1 rings (SSSR count). The van der Waals surface area contributed by atoms with Crippen LogP contribution >= 0.6 is 0 Å². The van der Waals surface area contributed by atoms with Crippen LogP contribution in [0.15, 0.2) is 24.3 Å². The number of carbonyl (C=O) groups is 3. The molecule has 0 aromatic heterocycles. The van der Waals surface area contributed by atoms with E-state index in [1.165, 1.54) is 27.9 Å². The van der Waals surface area contributed by atoms with Gasteiger partial charge in [-0.15, -0.1) is 0 Å². The lowest BCUT2D eigenvalue weighted by Gasteiger charge is -2.29. The molecule has 8 nitrogen and oxygen atoms in total. The zero-order valence-electron chi connectivity index (χ0n) is 18.0. The Bertz CT molecular complexity index is 672. The molecule has 0 aliphatic heterocycles. The number of esters is 2. The lowest BCUT2D eigenvalue weighted by Crippen LogP contribution is -2.44. The van der Waals surface area contributed by atoms with Crippen LogP contribution in [0.25, 0.3) is 0 Å². The smallest absolute Gasteiger partial charge is 0.303 e. The summed E-state index contributed by atoms with van der Waals surface area (Å²) in [7, 11) is 1.53. The molecule has 8 heteroatoms. The maximum atomic E-state index is 11.8. The molecule has 1 amide bonds. The molecule has 0 N–H and O–H groups in total. The van der Waals surface area contributed by atoms with E-state index < -0.39 is 24.1 Å². The summed E-state index contributed by atoms with van der Waals surface area (Å²) in [6, 6.07) is 7.00. The van der Waals surface area contributed by atoms with Gasteiger partial charge in [-0.2, -0.15) is 0 Å². The van der Waals surface area contributed by atoms with Crippen molar-refractivity contribution in [1.29, 1.82) is 0 Å². The maximum absolute atomic E-state index is 11.8. The number of hydrogen-bond donors (Lipinski definition) is 0. The van der Waals surface area contributed by atoms with E-state index in [0.717, 1.165) is 5.56 Å². The van der Waals surface area contributed by atoms with Gasteiger partial charge in [0, 0.05) is 33.9 Å². The molecular formula is C21H31NO7. The van der Waals surface area contributed by atoms with Gasteiger partial charge in [-0.25, -0.2) is 0 Å². The lowest BCUT2D eigenvalue weighted by molar-refractivity contribution is -0.151. The fraction of sp³-hybridized carbons (Fsp3) is 0.571. The van der Waals surface area contributed by atoms with Gasteiger partial charge >= 0.3 is 11.9 Å². The number of methoxy groups -OCH3 is 1. The van der Waals surface area contributed by atoms with Gasteiger partial charge in [0.1, 0.15) is 12.4 Å². The van der Waals surface area contributed by atoms with E-state index in [2.05, 4.69) is 0 Å². The van der Waals surface area contributed by atoms with Gasteiger partial charge in [0.2, 0.25) is 5.91 Å². The van der Waals surface area contributed by atoms with E-state index in [1.54, 1.807) is 29.2 Å². The first kappa shape index (κ1) is 24.4. The SMILES string of the molecule is COCC(OC(C)=O)c1ccc(OCC(CN(C(C)=O)C(C)C)OC(C)=O)cc1. The third kappa shape index (κ3) is 8.95. The number of nitrogens with zero attached hydrogens (tertiary/aromatic N) is 1. The number of rotatable bonds is 11. The van der Waals surface area contributed by atoms with Crippen LogP contribution in [-0.2, 0) is 28.6 Å². The Balaban J connectivity index is 2.79. The molecule has 0 heterocycles. The Morgan fingerprint density at radius 1 is 0.931 bits per heavy atom. The monoisotopic (exact) mass is 409 g/mol. The average molecular weight is 409 g/mol. The van der Waals surface area contributed by atoms with Gasteiger partial charge < -0.3 is 23.8 Å². The quantitative estimate of drug-likeness (QED) is 0.519. The van der Waals surface area contributed by atoms with E-state index in [9.17, 15) is 14.4 Å². The summed E-state index contributed by atoms with van der Waals surface area (Å²) in [5.41, 5.74) is 0.772. The fourth-order valence-corrected chi connectivity index (χ4v) is 2.80. The van der Waals surface area contributed by atoms with Crippen molar-refractivity contribution in [3.63, 3.8) is 0 Å². The molecule has 29 heavy (non-hydrogen) atoms. The summed E-state index contributed by atoms with van der Waals surface area (Å²) < 4.78 is 21.4. The summed E-state index contributed by atoms with van der Waals surface area (Å²) in [4.78, 5) is 36.1. The first-order chi connectivity index (χ1) is 13.6. The predicted molar refractivity (Wildman–Crippen MR) is 106 cm³/mol. The van der Waals surface area contributed by atoms with E-state index >= 15 is 0 Å². The zero-order valence-corrected chi connectivity index (χ0v) is 18.0. The second kappa shape index (κ2) is 12.1. The highest BCUT2D eigenvalue weighted by atomic mass is 16.6. The second-order valence-electron chi connectivity index (χ2n) is 6.93. The molecule has 0 fully saturated rings. The molecular weight excluding hydrogens is 378 g/mol. The van der Waals surface area contributed by atoms with Crippen LogP contribution in [0.3, 0.4) is 0 Å². The first-order valence-corrected chi connectivity index (χ1v) is 9.47. The molecule has 0 bridgehead atoms. The Hall–Kier alpha value is -2.61. The van der Waals surface area contributed by atoms with E-state index in [4.69, 9.17) is 18.9 Å². The highest BCUT2D eigenvalue weighted by Crippen LogP contribution is 2.22. The molecule has 162 valence electrons. The molecule has 2 unspecified atom stereocenters. The van der Waals surface area contributed by atoms with Crippen LogP contribution in [0.1, 0.15) is 46.3 Å². The highest BCUT2D eigenvalue weighted by molar-refractivity contribution is 5.73. The van der Waals surface area contributed by atoms with Crippen molar-refractivity contribution in [3.05, 3.63) is 29.8 Å². The molecule has 0 saturated heterocycles. The molecule has 0 spiro atoms. The van der Waals surface area contributed by atoms with Gasteiger partial charge in [0.15, 0.2) is 12.2 Å². The number of carbonyl (C=O) groups excluding carboxylic acids is 3. The molecule has 1 aromatic rings. The van der Waals surface area contributed by atoms with E-state index in [-0.39, 0.29) is 31.7 Å². The van der Waals surface area contributed by atoms with Crippen LogP contribution in [0.4, 0.5) is 0 Å². The Morgan fingerprint density at radius 2 is 1.52 bits per heavy atom. The van der Waals surface area contributed by atoms with Crippen molar-refractivity contribution in [2.75, 3.05) is 26.9 Å². The summed E-state index contributed by atoms with van der Waals surface area (Å²) in [5, 5.41) is 0. The number of amides is 1. The summed E-state index contributed by atoms with van der Waals surface area (Å²) in [6.45, 7) is 8.51. The van der Waals surface area contributed by atoms with Crippen molar-refractivity contribution in [2.24, 2.45) is 0 Å². The number of benzene rings is 1. The average Bonchev–Trinajstić information content (AvgIpc) is 2.62. The van der Waals surface area contributed by atoms with Gasteiger partial charge in [-0.05, 0) is 31.5 Å². The zero-order chi connectivity index (χ0) is 22.0. The fourth-order valence-electron chi connectivity index (χ4n) is 2.80. The Morgan fingerprint density at radius 3 is 1.97 bits per heavy atom. The normalized spacial score (nSPS) is 12.8. The first-order valence-electron chi connectivity index (χ1n) is 9.47. The van der Waals surface area contributed by atoms with Gasteiger partial charge in [0.25, 0.3) is 0 Å². The van der Waals surface area contributed by atoms with Crippen LogP contribution in [0.5, 0.6) is 5.75 Å². The lowest BCUT2D eigenvalue weighted by atomic mass is 10.1. The van der Waals surface area contributed by atoms with Crippen molar-refractivity contribution < 1.29 is 33.3 Å². The number of hydrogen-bond acceptors (Lipinski definition) is 7. The van der Waals surface area contributed by atoms with Gasteiger partial charge in [-0.1, -0.05) is 12.1 Å². The van der Waals surface area contributed by atoms with Crippen LogP contribution in [0, 0.1) is 0 Å². The van der Waals surface area contributed by atoms with Crippen LogP contribution < -0.4 is 4.74 Å². The third-order valence-corrected chi connectivity index (χ3v) is 4.07. The Kier molecular flexibility index (Phi) is 10.2. The minimum absolute atomic E-state index is 0.0242. The predicted octanol–water partition coefficient (Wildman–Crippen LogP) is 2.50. The van der Waals surface area contributed by atoms with Gasteiger partial charge in [-0.3, -0.25) is 14.4 Å². The van der Waals surface area contributed by atoms with Crippen molar-refractivity contribution in [1.82, 2.24) is 4.90 Å². The molecule has 0 aliphatic carbocycles. The summed E-state index contributed by atoms with van der Waals surface area (Å²) >= 11 is 0. The third-order valence-electron chi connectivity index (χ3n) is 4.07. The van der Waals surface area contributed by atoms with Crippen molar-refractivity contribution >= 4 is 17.8 Å². The van der Waals surface area contributed by atoms with E-state index in [0.29, 0.717) is 5.75 Å². The summed E-state index contributed by atoms with van der Waals surface area (Å²) in [5.74, 6) is -0.373.